The van der Waals surface area contributed by atoms with Crippen LogP contribution in [0.1, 0.15) is 69.5 Å². The van der Waals surface area contributed by atoms with Gasteiger partial charge < -0.3 is 13.9 Å². The number of ether oxygens (including phenoxy) is 2. The van der Waals surface area contributed by atoms with E-state index < -0.39 is 5.60 Å². The van der Waals surface area contributed by atoms with E-state index in [-0.39, 0.29) is 18.2 Å². The second kappa shape index (κ2) is 8.47. The average Bonchev–Trinajstić information content (AvgIpc) is 3.16. The van der Waals surface area contributed by atoms with E-state index in [2.05, 4.69) is 11.9 Å². The molecule has 1 aromatic carbocycles. The fraction of sp³-hybridized carbons (Fsp3) is 0.565. The third kappa shape index (κ3) is 5.31. The van der Waals surface area contributed by atoms with Gasteiger partial charge in [-0.3, -0.25) is 4.90 Å². The van der Waals surface area contributed by atoms with Crippen molar-refractivity contribution in [2.75, 3.05) is 6.61 Å². The highest BCUT2D eigenvalue weighted by atomic mass is 16.6. The number of aryl methyl sites for hydroxylation is 2. The molecule has 1 aromatic heterocycles. The zero-order valence-corrected chi connectivity index (χ0v) is 18.3. The van der Waals surface area contributed by atoms with Crippen LogP contribution in [0.4, 0.5) is 4.79 Å². The molecule has 29 heavy (non-hydrogen) atoms. The first-order chi connectivity index (χ1) is 13.6. The van der Waals surface area contributed by atoms with Gasteiger partial charge in [0.15, 0.2) is 5.89 Å². The number of hydrogen-bond donors (Lipinski definition) is 0. The number of benzene rings is 1. The number of oxazole rings is 1. The molecule has 0 N–H and O–H groups in total. The summed E-state index contributed by atoms with van der Waals surface area (Å²) < 4.78 is 16.9. The molecule has 6 heteroatoms. The van der Waals surface area contributed by atoms with Crippen molar-refractivity contribution in [2.24, 2.45) is 0 Å². The molecule has 2 heterocycles. The summed E-state index contributed by atoms with van der Waals surface area (Å²) in [6, 6.07) is 8.22. The summed E-state index contributed by atoms with van der Waals surface area (Å²) >= 11 is 0. The van der Waals surface area contributed by atoms with Crippen molar-refractivity contribution in [3.05, 3.63) is 47.2 Å². The molecule has 0 aliphatic carbocycles. The van der Waals surface area contributed by atoms with Crippen molar-refractivity contribution in [3.8, 4) is 5.75 Å². The molecule has 1 saturated heterocycles. The molecule has 1 amide bonds. The van der Waals surface area contributed by atoms with E-state index in [9.17, 15) is 4.79 Å². The number of amides is 1. The molecular weight excluding hydrogens is 368 g/mol. The Bertz CT molecular complexity index is 836. The SMILES string of the molecule is Cc1nc(CCOc2ccc([C@H]3CC[C@H](C)N3C(=O)OC(C)(C)C)cc2)c(C)o1. The molecule has 2 aromatic rings. The minimum absolute atomic E-state index is 0.0367. The van der Waals surface area contributed by atoms with Crippen molar-refractivity contribution in [1.82, 2.24) is 9.88 Å². The van der Waals surface area contributed by atoms with Crippen LogP contribution in [-0.4, -0.2) is 34.2 Å². The van der Waals surface area contributed by atoms with Crippen molar-refractivity contribution in [1.29, 1.82) is 0 Å². The molecular formula is C23H32N2O4. The van der Waals surface area contributed by atoms with Gasteiger partial charge in [0.25, 0.3) is 0 Å². The van der Waals surface area contributed by atoms with E-state index in [0.29, 0.717) is 18.9 Å². The molecule has 1 aliphatic rings. The largest absolute Gasteiger partial charge is 0.493 e. The van der Waals surface area contributed by atoms with Crippen LogP contribution in [0.25, 0.3) is 0 Å². The fourth-order valence-corrected chi connectivity index (χ4v) is 3.79. The maximum atomic E-state index is 12.7. The molecule has 0 unspecified atom stereocenters. The van der Waals surface area contributed by atoms with Crippen molar-refractivity contribution in [3.63, 3.8) is 0 Å². The van der Waals surface area contributed by atoms with Crippen LogP contribution in [-0.2, 0) is 11.2 Å². The van der Waals surface area contributed by atoms with E-state index in [1.54, 1.807) is 0 Å². The summed E-state index contributed by atoms with van der Waals surface area (Å²) in [4.78, 5) is 18.9. The van der Waals surface area contributed by atoms with E-state index >= 15 is 0 Å². The van der Waals surface area contributed by atoms with Crippen LogP contribution >= 0.6 is 0 Å². The Hall–Kier alpha value is -2.50. The van der Waals surface area contributed by atoms with Crippen molar-refractivity contribution < 1.29 is 18.7 Å². The predicted molar refractivity (Wildman–Crippen MR) is 111 cm³/mol. The lowest BCUT2D eigenvalue weighted by Crippen LogP contribution is -2.40. The van der Waals surface area contributed by atoms with Crippen molar-refractivity contribution in [2.45, 2.75) is 78.5 Å². The average molecular weight is 401 g/mol. The van der Waals surface area contributed by atoms with Gasteiger partial charge in [0.1, 0.15) is 17.1 Å². The lowest BCUT2D eigenvalue weighted by Gasteiger charge is -2.31. The van der Waals surface area contributed by atoms with E-state index in [4.69, 9.17) is 13.9 Å². The number of hydrogen-bond acceptors (Lipinski definition) is 5. The third-order valence-corrected chi connectivity index (χ3v) is 5.14. The number of rotatable bonds is 5. The maximum absolute atomic E-state index is 12.7. The number of nitrogens with zero attached hydrogens (tertiary/aromatic N) is 2. The Morgan fingerprint density at radius 1 is 1.21 bits per heavy atom. The summed E-state index contributed by atoms with van der Waals surface area (Å²) in [5.41, 5.74) is 1.55. The Kier molecular flexibility index (Phi) is 6.20. The number of carbonyl (C=O) groups is 1. The molecule has 0 bridgehead atoms. The smallest absolute Gasteiger partial charge is 0.411 e. The molecule has 1 fully saturated rings. The highest BCUT2D eigenvalue weighted by Gasteiger charge is 2.37. The molecule has 0 saturated carbocycles. The van der Waals surface area contributed by atoms with Crippen LogP contribution < -0.4 is 4.74 Å². The number of aromatic nitrogens is 1. The van der Waals surface area contributed by atoms with Gasteiger partial charge in [-0.25, -0.2) is 9.78 Å². The first kappa shape index (κ1) is 21.2. The third-order valence-electron chi connectivity index (χ3n) is 5.14. The molecule has 0 spiro atoms. The standard InChI is InChI=1S/C23H32N2O4/c1-15-7-12-21(25(15)22(26)29-23(4,5)6)18-8-10-19(11-9-18)27-14-13-20-16(2)28-17(3)24-20/h8-11,15,21H,7,12-14H2,1-6H3/t15-,21+/m0/s1. The fourth-order valence-electron chi connectivity index (χ4n) is 3.79. The Morgan fingerprint density at radius 2 is 1.90 bits per heavy atom. The minimum Gasteiger partial charge on any atom is -0.493 e. The summed E-state index contributed by atoms with van der Waals surface area (Å²) in [5.74, 6) is 2.34. The molecule has 0 radical (unpaired) electrons. The van der Waals surface area contributed by atoms with Crippen LogP contribution in [0, 0.1) is 13.8 Å². The maximum Gasteiger partial charge on any atom is 0.411 e. The van der Waals surface area contributed by atoms with E-state index in [1.807, 2.05) is 63.8 Å². The highest BCUT2D eigenvalue weighted by Crippen LogP contribution is 2.37. The summed E-state index contributed by atoms with van der Waals surface area (Å²) in [6.45, 7) is 12.1. The van der Waals surface area contributed by atoms with Crippen LogP contribution in [0.15, 0.2) is 28.7 Å². The summed E-state index contributed by atoms with van der Waals surface area (Å²) in [6.07, 6.45) is 2.37. The van der Waals surface area contributed by atoms with Gasteiger partial charge >= 0.3 is 6.09 Å². The number of likely N-dealkylation sites (tertiary alicyclic amines) is 1. The van der Waals surface area contributed by atoms with Crippen LogP contribution in [0.2, 0.25) is 0 Å². The lowest BCUT2D eigenvalue weighted by molar-refractivity contribution is 0.0158. The van der Waals surface area contributed by atoms with Gasteiger partial charge in [-0.1, -0.05) is 12.1 Å². The lowest BCUT2D eigenvalue weighted by atomic mass is 10.0. The second-order valence-corrected chi connectivity index (χ2v) is 8.73. The predicted octanol–water partition coefficient (Wildman–Crippen LogP) is 5.37. The topological polar surface area (TPSA) is 64.8 Å². The van der Waals surface area contributed by atoms with Crippen LogP contribution in [0.5, 0.6) is 5.75 Å². The van der Waals surface area contributed by atoms with E-state index in [0.717, 1.165) is 35.6 Å². The van der Waals surface area contributed by atoms with Gasteiger partial charge in [0.05, 0.1) is 18.3 Å². The monoisotopic (exact) mass is 400 g/mol. The summed E-state index contributed by atoms with van der Waals surface area (Å²) in [5, 5.41) is 0. The zero-order chi connectivity index (χ0) is 21.2. The van der Waals surface area contributed by atoms with Gasteiger partial charge in [0.2, 0.25) is 0 Å². The first-order valence-corrected chi connectivity index (χ1v) is 10.3. The Morgan fingerprint density at radius 3 is 2.48 bits per heavy atom. The molecule has 1 aliphatic heterocycles. The van der Waals surface area contributed by atoms with Gasteiger partial charge in [0, 0.05) is 19.4 Å². The number of carbonyl (C=O) groups excluding carboxylic acids is 1. The van der Waals surface area contributed by atoms with Crippen LogP contribution in [0.3, 0.4) is 0 Å². The molecule has 3 rings (SSSR count). The normalized spacial score (nSPS) is 19.4. The zero-order valence-electron chi connectivity index (χ0n) is 18.3. The quantitative estimate of drug-likeness (QED) is 0.675. The minimum atomic E-state index is -0.498. The molecule has 2 atom stereocenters. The summed E-state index contributed by atoms with van der Waals surface area (Å²) in [7, 11) is 0. The molecule has 6 nitrogen and oxygen atoms in total. The van der Waals surface area contributed by atoms with Gasteiger partial charge in [-0.2, -0.15) is 0 Å². The highest BCUT2D eigenvalue weighted by molar-refractivity contribution is 5.69. The van der Waals surface area contributed by atoms with E-state index in [1.165, 1.54) is 0 Å². The second-order valence-electron chi connectivity index (χ2n) is 8.73. The first-order valence-electron chi connectivity index (χ1n) is 10.3. The Balaban J connectivity index is 1.61. The van der Waals surface area contributed by atoms with Gasteiger partial charge in [-0.05, 0) is 65.2 Å². The van der Waals surface area contributed by atoms with Crippen molar-refractivity contribution >= 4 is 6.09 Å². The molecule has 158 valence electrons. The van der Waals surface area contributed by atoms with Gasteiger partial charge in [-0.15, -0.1) is 0 Å². The Labute approximate surface area is 173 Å².